The molecule has 120 valence electrons. The monoisotopic (exact) mass is 312 g/mol. The number of fused-ring (bicyclic) bond motifs is 3. The van der Waals surface area contributed by atoms with E-state index in [1.54, 1.807) is 0 Å². The van der Waals surface area contributed by atoms with Crippen LogP contribution < -0.4 is 10.9 Å². The van der Waals surface area contributed by atoms with Crippen molar-refractivity contribution in [3.8, 4) is 0 Å². The molecule has 0 spiro atoms. The molecule has 0 radical (unpaired) electrons. The van der Waals surface area contributed by atoms with E-state index in [0.29, 0.717) is 23.5 Å². The van der Waals surface area contributed by atoms with Crippen molar-refractivity contribution < 1.29 is 4.79 Å². The van der Waals surface area contributed by atoms with Crippen LogP contribution in [0.2, 0.25) is 0 Å². The van der Waals surface area contributed by atoms with Gasteiger partial charge in [0.15, 0.2) is 0 Å². The molecule has 2 heterocycles. The molecule has 0 fully saturated rings. The van der Waals surface area contributed by atoms with Gasteiger partial charge in [-0.05, 0) is 25.0 Å². The lowest BCUT2D eigenvalue weighted by Crippen LogP contribution is -2.34. The Morgan fingerprint density at radius 3 is 2.91 bits per heavy atom. The number of carbonyl (C=O) groups is 1. The second-order valence-corrected chi connectivity index (χ2v) is 6.27. The summed E-state index contributed by atoms with van der Waals surface area (Å²) in [6.07, 6.45) is 1.44. The Labute approximate surface area is 133 Å². The average molecular weight is 312 g/mol. The normalized spacial score (nSPS) is 11.5. The van der Waals surface area contributed by atoms with Crippen LogP contribution in [0.25, 0.3) is 21.9 Å². The maximum absolute atomic E-state index is 12.6. The SMILES string of the molecule is Cc1ccc2[nH]c3c(=O)n(CC(=O)NCC(C)C)cnc3c2c1. The highest BCUT2D eigenvalue weighted by molar-refractivity contribution is 6.04. The third-order valence-electron chi connectivity index (χ3n) is 3.75. The summed E-state index contributed by atoms with van der Waals surface area (Å²) in [5.74, 6) is 0.183. The number of hydrogen-bond donors (Lipinski definition) is 2. The second-order valence-electron chi connectivity index (χ2n) is 6.27. The molecular formula is C17H20N4O2. The number of nitrogens with zero attached hydrogens (tertiary/aromatic N) is 2. The van der Waals surface area contributed by atoms with Crippen molar-refractivity contribution in [2.75, 3.05) is 6.54 Å². The Kier molecular flexibility index (Phi) is 3.90. The average Bonchev–Trinajstić information content (AvgIpc) is 2.87. The molecule has 0 saturated heterocycles. The first-order chi connectivity index (χ1) is 11.0. The summed E-state index contributed by atoms with van der Waals surface area (Å²) in [5.41, 5.74) is 2.83. The number of rotatable bonds is 4. The fourth-order valence-corrected chi connectivity index (χ4v) is 2.55. The fraction of sp³-hybridized carbons (Fsp3) is 0.353. The van der Waals surface area contributed by atoms with Crippen molar-refractivity contribution >= 4 is 27.8 Å². The quantitative estimate of drug-likeness (QED) is 0.773. The summed E-state index contributed by atoms with van der Waals surface area (Å²) >= 11 is 0. The van der Waals surface area contributed by atoms with Crippen LogP contribution in [0.1, 0.15) is 19.4 Å². The van der Waals surface area contributed by atoms with E-state index < -0.39 is 0 Å². The maximum Gasteiger partial charge on any atom is 0.278 e. The van der Waals surface area contributed by atoms with Crippen molar-refractivity contribution in [1.82, 2.24) is 19.9 Å². The number of benzene rings is 1. The largest absolute Gasteiger partial charge is 0.354 e. The minimum atomic E-state index is -0.233. The van der Waals surface area contributed by atoms with Crippen LogP contribution in [0.4, 0.5) is 0 Å². The van der Waals surface area contributed by atoms with Crippen LogP contribution in [-0.2, 0) is 11.3 Å². The van der Waals surface area contributed by atoms with E-state index in [0.717, 1.165) is 16.5 Å². The Bertz CT molecular complexity index is 937. The third-order valence-corrected chi connectivity index (χ3v) is 3.75. The summed E-state index contributed by atoms with van der Waals surface area (Å²) in [6, 6.07) is 5.92. The van der Waals surface area contributed by atoms with E-state index in [9.17, 15) is 9.59 Å². The van der Waals surface area contributed by atoms with Crippen molar-refractivity contribution in [3.63, 3.8) is 0 Å². The molecule has 0 bridgehead atoms. The van der Waals surface area contributed by atoms with Gasteiger partial charge in [0.25, 0.3) is 5.56 Å². The number of nitrogens with one attached hydrogen (secondary N) is 2. The van der Waals surface area contributed by atoms with Gasteiger partial charge in [0.1, 0.15) is 17.6 Å². The van der Waals surface area contributed by atoms with Crippen molar-refractivity contribution in [3.05, 3.63) is 40.4 Å². The van der Waals surface area contributed by atoms with Gasteiger partial charge < -0.3 is 10.3 Å². The minimum absolute atomic E-state index is 0.0249. The molecule has 0 unspecified atom stereocenters. The van der Waals surface area contributed by atoms with Gasteiger partial charge in [-0.1, -0.05) is 25.5 Å². The van der Waals surface area contributed by atoms with Crippen molar-refractivity contribution in [1.29, 1.82) is 0 Å². The second kappa shape index (κ2) is 5.87. The number of aryl methyl sites for hydroxylation is 1. The molecule has 0 aliphatic rings. The number of aromatic nitrogens is 3. The first kappa shape index (κ1) is 15.3. The predicted molar refractivity (Wildman–Crippen MR) is 90.4 cm³/mol. The summed E-state index contributed by atoms with van der Waals surface area (Å²) in [6.45, 7) is 6.61. The van der Waals surface area contributed by atoms with Crippen LogP contribution in [-0.4, -0.2) is 27.0 Å². The topological polar surface area (TPSA) is 79.8 Å². The summed E-state index contributed by atoms with van der Waals surface area (Å²) in [4.78, 5) is 32.0. The Hall–Kier alpha value is -2.63. The van der Waals surface area contributed by atoms with E-state index in [4.69, 9.17) is 0 Å². The summed E-state index contributed by atoms with van der Waals surface area (Å²) in [5, 5.41) is 3.73. The van der Waals surface area contributed by atoms with Gasteiger partial charge in [0.05, 0.1) is 6.33 Å². The van der Waals surface area contributed by atoms with Crippen LogP contribution in [0.5, 0.6) is 0 Å². The third kappa shape index (κ3) is 2.97. The van der Waals surface area contributed by atoms with Gasteiger partial charge in [-0.15, -0.1) is 0 Å². The van der Waals surface area contributed by atoms with E-state index in [-0.39, 0.29) is 18.0 Å². The Balaban J connectivity index is 1.97. The molecule has 2 aromatic heterocycles. The van der Waals surface area contributed by atoms with E-state index in [1.807, 2.05) is 39.0 Å². The molecule has 0 aliphatic carbocycles. The Morgan fingerprint density at radius 1 is 1.39 bits per heavy atom. The van der Waals surface area contributed by atoms with Gasteiger partial charge >= 0.3 is 0 Å². The number of amides is 1. The zero-order valence-electron chi connectivity index (χ0n) is 13.5. The lowest BCUT2D eigenvalue weighted by atomic mass is 10.2. The predicted octanol–water partition coefficient (Wildman–Crippen LogP) is 1.96. The number of aromatic amines is 1. The highest BCUT2D eigenvalue weighted by Gasteiger charge is 2.12. The fourth-order valence-electron chi connectivity index (χ4n) is 2.55. The molecule has 1 amide bonds. The molecule has 0 saturated carbocycles. The molecule has 3 aromatic rings. The number of H-pyrrole nitrogens is 1. The molecule has 0 atom stereocenters. The van der Waals surface area contributed by atoms with E-state index in [1.165, 1.54) is 10.9 Å². The molecule has 0 aliphatic heterocycles. The van der Waals surface area contributed by atoms with E-state index >= 15 is 0 Å². The zero-order valence-corrected chi connectivity index (χ0v) is 13.5. The zero-order chi connectivity index (χ0) is 16.6. The minimum Gasteiger partial charge on any atom is -0.354 e. The molecule has 6 heteroatoms. The number of carbonyl (C=O) groups excluding carboxylic acids is 1. The van der Waals surface area contributed by atoms with Gasteiger partial charge in [0, 0.05) is 17.4 Å². The van der Waals surface area contributed by atoms with Crippen LogP contribution in [0, 0.1) is 12.8 Å². The lowest BCUT2D eigenvalue weighted by Gasteiger charge is -2.08. The van der Waals surface area contributed by atoms with Gasteiger partial charge in [-0.25, -0.2) is 4.98 Å². The molecule has 23 heavy (non-hydrogen) atoms. The van der Waals surface area contributed by atoms with Gasteiger partial charge in [0.2, 0.25) is 5.91 Å². The molecule has 3 rings (SSSR count). The first-order valence-corrected chi connectivity index (χ1v) is 7.70. The molecule has 6 nitrogen and oxygen atoms in total. The smallest absolute Gasteiger partial charge is 0.278 e. The van der Waals surface area contributed by atoms with E-state index in [2.05, 4.69) is 15.3 Å². The first-order valence-electron chi connectivity index (χ1n) is 7.70. The van der Waals surface area contributed by atoms with Gasteiger partial charge in [-0.3, -0.25) is 14.2 Å². The number of hydrogen-bond acceptors (Lipinski definition) is 3. The highest BCUT2D eigenvalue weighted by Crippen LogP contribution is 2.22. The van der Waals surface area contributed by atoms with Crippen LogP contribution >= 0.6 is 0 Å². The maximum atomic E-state index is 12.6. The van der Waals surface area contributed by atoms with Crippen molar-refractivity contribution in [2.24, 2.45) is 5.92 Å². The standard InChI is InChI=1S/C17H20N4O2/c1-10(2)7-18-14(22)8-21-9-19-15-12-6-11(3)4-5-13(12)20-16(15)17(21)23/h4-6,9-10,20H,7-8H2,1-3H3,(H,18,22). The highest BCUT2D eigenvalue weighted by atomic mass is 16.2. The van der Waals surface area contributed by atoms with Gasteiger partial charge in [-0.2, -0.15) is 0 Å². The van der Waals surface area contributed by atoms with Crippen LogP contribution in [0.3, 0.4) is 0 Å². The summed E-state index contributed by atoms with van der Waals surface area (Å²) < 4.78 is 1.33. The Morgan fingerprint density at radius 2 is 2.17 bits per heavy atom. The molecule has 1 aromatic carbocycles. The van der Waals surface area contributed by atoms with Crippen LogP contribution in [0.15, 0.2) is 29.3 Å². The lowest BCUT2D eigenvalue weighted by molar-refractivity contribution is -0.121. The molecular weight excluding hydrogens is 292 g/mol. The molecule has 2 N–H and O–H groups in total. The van der Waals surface area contributed by atoms with Crippen molar-refractivity contribution in [2.45, 2.75) is 27.3 Å². The summed E-state index contributed by atoms with van der Waals surface area (Å²) in [7, 11) is 0.